The van der Waals surface area contributed by atoms with Crippen LogP contribution in [0.4, 0.5) is 0 Å². The third-order valence-electron chi connectivity index (χ3n) is 4.57. The molecule has 0 atom stereocenters. The number of hydrogen-bond acceptors (Lipinski definition) is 4. The number of aryl methyl sites for hydroxylation is 1. The molecule has 1 amide bonds. The quantitative estimate of drug-likeness (QED) is 0.543. The molecule has 3 rings (SSSR count). The van der Waals surface area contributed by atoms with Gasteiger partial charge in [0, 0.05) is 30.0 Å². The first-order valence-corrected chi connectivity index (χ1v) is 10.1. The van der Waals surface area contributed by atoms with Gasteiger partial charge >= 0.3 is 0 Å². The van der Waals surface area contributed by atoms with Crippen LogP contribution in [0.25, 0.3) is 5.57 Å². The number of halogens is 1. The molecule has 0 aliphatic rings. The lowest BCUT2D eigenvalue weighted by Crippen LogP contribution is -2.25. The Morgan fingerprint density at radius 2 is 2.21 bits per heavy atom. The summed E-state index contributed by atoms with van der Waals surface area (Å²) in [4.78, 5) is 12.4. The second-order valence-corrected chi connectivity index (χ2v) is 7.30. The highest BCUT2D eigenvalue weighted by molar-refractivity contribution is 6.30. The monoisotopic (exact) mass is 412 g/mol. The van der Waals surface area contributed by atoms with Crippen LogP contribution in [-0.4, -0.2) is 27.4 Å². The maximum atomic E-state index is 12.4. The van der Waals surface area contributed by atoms with E-state index in [4.69, 9.17) is 16.1 Å². The van der Waals surface area contributed by atoms with Crippen LogP contribution in [0.3, 0.4) is 0 Å². The van der Waals surface area contributed by atoms with Crippen LogP contribution in [0, 0.1) is 6.92 Å². The minimum Gasteiger partial charge on any atom is -0.359 e. The Hall–Kier alpha value is -2.86. The number of carbonyl (C=O) groups excluding carboxylic acids is 1. The van der Waals surface area contributed by atoms with Gasteiger partial charge in [0.25, 0.3) is 5.91 Å². The summed E-state index contributed by atoms with van der Waals surface area (Å²) in [6, 6.07) is 9.37. The van der Waals surface area contributed by atoms with Crippen molar-refractivity contribution in [1.82, 2.24) is 20.3 Å². The van der Waals surface area contributed by atoms with Gasteiger partial charge in [-0.2, -0.15) is 5.10 Å². The zero-order valence-electron chi connectivity index (χ0n) is 16.7. The minimum atomic E-state index is -0.252. The molecule has 0 saturated heterocycles. The molecule has 6 nitrogen and oxygen atoms in total. The standard InChI is InChI=1S/C22H25ClN4O2/c1-3-4-6-17(20-13-18(23)8-7-16(20)2)9-11-24-22(28)21-14-19(29-26-21)15-27-12-5-10-25-27/h5-8,10,12-14H,3-4,9,11,15H2,1-2H3,(H,24,28)/b17-6-. The summed E-state index contributed by atoms with van der Waals surface area (Å²) in [6.45, 7) is 5.15. The van der Waals surface area contributed by atoms with Crippen molar-refractivity contribution in [2.45, 2.75) is 39.7 Å². The summed E-state index contributed by atoms with van der Waals surface area (Å²) in [5, 5.41) is 11.6. The second-order valence-electron chi connectivity index (χ2n) is 6.87. The minimum absolute atomic E-state index is 0.252. The van der Waals surface area contributed by atoms with Crippen molar-refractivity contribution in [3.63, 3.8) is 0 Å². The summed E-state index contributed by atoms with van der Waals surface area (Å²) >= 11 is 6.19. The van der Waals surface area contributed by atoms with Crippen molar-refractivity contribution in [3.8, 4) is 0 Å². The van der Waals surface area contributed by atoms with Crippen molar-refractivity contribution in [2.24, 2.45) is 0 Å². The smallest absolute Gasteiger partial charge is 0.273 e. The molecule has 2 heterocycles. The number of rotatable bonds is 9. The number of aromatic nitrogens is 3. The summed E-state index contributed by atoms with van der Waals surface area (Å²) in [7, 11) is 0. The maximum Gasteiger partial charge on any atom is 0.273 e. The van der Waals surface area contributed by atoms with Crippen LogP contribution in [-0.2, 0) is 6.54 Å². The van der Waals surface area contributed by atoms with Gasteiger partial charge in [-0.1, -0.05) is 42.2 Å². The first-order valence-electron chi connectivity index (χ1n) is 9.73. The van der Waals surface area contributed by atoms with Crippen LogP contribution in [0.2, 0.25) is 5.02 Å². The van der Waals surface area contributed by atoms with E-state index in [1.807, 2.05) is 30.5 Å². The maximum absolute atomic E-state index is 12.4. The molecular formula is C22H25ClN4O2. The van der Waals surface area contributed by atoms with E-state index in [1.165, 1.54) is 11.1 Å². The van der Waals surface area contributed by atoms with E-state index in [9.17, 15) is 4.79 Å². The number of carbonyl (C=O) groups is 1. The highest BCUT2D eigenvalue weighted by atomic mass is 35.5. The number of nitrogens with zero attached hydrogens (tertiary/aromatic N) is 3. The van der Waals surface area contributed by atoms with E-state index in [-0.39, 0.29) is 11.6 Å². The lowest BCUT2D eigenvalue weighted by molar-refractivity contribution is 0.0945. The van der Waals surface area contributed by atoms with Crippen LogP contribution < -0.4 is 5.32 Å². The predicted molar refractivity (Wildman–Crippen MR) is 114 cm³/mol. The van der Waals surface area contributed by atoms with Crippen molar-refractivity contribution in [1.29, 1.82) is 0 Å². The van der Waals surface area contributed by atoms with Crippen LogP contribution in [0.15, 0.2) is 53.3 Å². The highest BCUT2D eigenvalue weighted by Gasteiger charge is 2.13. The first-order chi connectivity index (χ1) is 14.1. The molecule has 0 spiro atoms. The number of nitrogens with one attached hydrogen (secondary N) is 1. The Morgan fingerprint density at radius 1 is 1.34 bits per heavy atom. The number of benzene rings is 1. The Kier molecular flexibility index (Phi) is 7.25. The fourth-order valence-electron chi connectivity index (χ4n) is 3.05. The lowest BCUT2D eigenvalue weighted by Gasteiger charge is -2.12. The van der Waals surface area contributed by atoms with Gasteiger partial charge in [0.15, 0.2) is 11.5 Å². The lowest BCUT2D eigenvalue weighted by atomic mass is 9.96. The van der Waals surface area contributed by atoms with Crippen molar-refractivity contribution < 1.29 is 9.32 Å². The third kappa shape index (κ3) is 5.81. The van der Waals surface area contributed by atoms with E-state index < -0.39 is 0 Å². The van der Waals surface area contributed by atoms with E-state index in [2.05, 4.69) is 35.5 Å². The van der Waals surface area contributed by atoms with Gasteiger partial charge in [-0.15, -0.1) is 0 Å². The average Bonchev–Trinajstić information content (AvgIpc) is 3.39. The molecule has 0 radical (unpaired) electrons. The number of allylic oxidation sites excluding steroid dienone is 1. The van der Waals surface area contributed by atoms with Crippen molar-refractivity contribution in [3.05, 3.63) is 76.4 Å². The van der Waals surface area contributed by atoms with E-state index in [0.29, 0.717) is 30.3 Å². The van der Waals surface area contributed by atoms with Gasteiger partial charge < -0.3 is 9.84 Å². The SMILES string of the molecule is CCC/C=C(/CCNC(=O)c1cc(Cn2cccn2)on1)c1cc(Cl)ccc1C. The van der Waals surface area contributed by atoms with E-state index >= 15 is 0 Å². The van der Waals surface area contributed by atoms with Crippen LogP contribution in [0.5, 0.6) is 0 Å². The second kappa shape index (κ2) is 10.1. The highest BCUT2D eigenvalue weighted by Crippen LogP contribution is 2.26. The van der Waals surface area contributed by atoms with Crippen molar-refractivity contribution >= 4 is 23.1 Å². The summed E-state index contributed by atoms with van der Waals surface area (Å²) in [5.74, 6) is 0.329. The largest absolute Gasteiger partial charge is 0.359 e. The average molecular weight is 413 g/mol. The zero-order valence-corrected chi connectivity index (χ0v) is 17.4. The fraction of sp³-hybridized carbons (Fsp3) is 0.318. The van der Waals surface area contributed by atoms with Crippen LogP contribution in [0.1, 0.15) is 53.6 Å². The summed E-state index contributed by atoms with van der Waals surface area (Å²) in [5.41, 5.74) is 3.75. The molecule has 0 unspecified atom stereocenters. The zero-order chi connectivity index (χ0) is 20.6. The van der Waals surface area contributed by atoms with Crippen molar-refractivity contribution in [2.75, 3.05) is 6.54 Å². The van der Waals surface area contributed by atoms with Gasteiger partial charge in [0.1, 0.15) is 6.54 Å². The molecular weight excluding hydrogens is 388 g/mol. The fourth-order valence-corrected chi connectivity index (χ4v) is 3.23. The molecule has 0 aliphatic carbocycles. The Morgan fingerprint density at radius 3 is 2.97 bits per heavy atom. The number of unbranched alkanes of at least 4 members (excludes halogenated alkanes) is 1. The van der Waals surface area contributed by atoms with Gasteiger partial charge in [-0.25, -0.2) is 0 Å². The van der Waals surface area contributed by atoms with E-state index in [1.54, 1.807) is 16.9 Å². The van der Waals surface area contributed by atoms with Gasteiger partial charge in [0.05, 0.1) is 0 Å². The molecule has 1 aromatic carbocycles. The molecule has 3 aromatic rings. The molecule has 2 aromatic heterocycles. The Labute approximate surface area is 175 Å². The number of amides is 1. The summed E-state index contributed by atoms with van der Waals surface area (Å²) in [6.07, 6.45) is 8.50. The van der Waals surface area contributed by atoms with Gasteiger partial charge in [-0.05, 0) is 54.7 Å². The van der Waals surface area contributed by atoms with Gasteiger partial charge in [0.2, 0.25) is 0 Å². The summed E-state index contributed by atoms with van der Waals surface area (Å²) < 4.78 is 6.95. The molecule has 0 fully saturated rings. The first kappa shape index (κ1) is 20.9. The molecule has 0 saturated carbocycles. The molecule has 29 heavy (non-hydrogen) atoms. The number of hydrogen-bond donors (Lipinski definition) is 1. The molecule has 0 aliphatic heterocycles. The van der Waals surface area contributed by atoms with Gasteiger partial charge in [-0.3, -0.25) is 9.48 Å². The Bertz CT molecular complexity index is 977. The molecule has 7 heteroatoms. The topological polar surface area (TPSA) is 73.0 Å². The Balaban J connectivity index is 1.60. The third-order valence-corrected chi connectivity index (χ3v) is 4.81. The normalized spacial score (nSPS) is 11.6. The van der Waals surface area contributed by atoms with Crippen LogP contribution >= 0.6 is 11.6 Å². The molecule has 0 bridgehead atoms. The molecule has 152 valence electrons. The molecule has 1 N–H and O–H groups in total. The predicted octanol–water partition coefficient (Wildman–Crippen LogP) is 4.88. The van der Waals surface area contributed by atoms with E-state index in [0.717, 1.165) is 18.4 Å².